The highest BCUT2D eigenvalue weighted by atomic mass is 35.5. The Morgan fingerprint density at radius 1 is 1.27 bits per heavy atom. The van der Waals surface area contributed by atoms with Crippen LogP contribution in [0.5, 0.6) is 5.75 Å². The molecule has 0 spiro atoms. The zero-order chi connectivity index (χ0) is 18.5. The van der Waals surface area contributed by atoms with Gasteiger partial charge >= 0.3 is 0 Å². The molecule has 1 fully saturated rings. The molecule has 3 rings (SSSR count). The van der Waals surface area contributed by atoms with E-state index < -0.39 is 11.9 Å². The van der Waals surface area contributed by atoms with Crippen LogP contribution < -0.4 is 20.9 Å². The molecule has 2 aromatic rings. The van der Waals surface area contributed by atoms with Crippen LogP contribution >= 0.6 is 11.6 Å². The van der Waals surface area contributed by atoms with E-state index in [4.69, 9.17) is 16.3 Å². The largest absolute Gasteiger partial charge is 0.489 e. The predicted octanol–water partition coefficient (Wildman–Crippen LogP) is 2.97. The normalized spacial score (nSPS) is 20.6. The van der Waals surface area contributed by atoms with Crippen molar-refractivity contribution in [3.8, 4) is 5.75 Å². The number of carbonyl (C=O) groups is 1. The topological polar surface area (TPSA) is 62.4 Å². The van der Waals surface area contributed by atoms with Crippen LogP contribution in [0.3, 0.4) is 0 Å². The van der Waals surface area contributed by atoms with Crippen molar-refractivity contribution in [3.63, 3.8) is 0 Å². The average molecular weight is 378 g/mol. The van der Waals surface area contributed by atoms with E-state index in [-0.39, 0.29) is 30.3 Å². The van der Waals surface area contributed by atoms with E-state index in [0.29, 0.717) is 11.4 Å². The molecule has 5 nitrogen and oxygen atoms in total. The lowest BCUT2D eigenvalue weighted by atomic mass is 10.1. The third-order valence-electron chi connectivity index (χ3n) is 4.31. The lowest BCUT2D eigenvalue weighted by Gasteiger charge is -2.18. The SMILES string of the molecule is CC(NC(=O)C1CC(COc2ccccc2F)NN1)c1ccccc1Cl. The molecule has 26 heavy (non-hydrogen) atoms. The van der Waals surface area contributed by atoms with Gasteiger partial charge in [0, 0.05) is 5.02 Å². The number of benzene rings is 2. The van der Waals surface area contributed by atoms with Gasteiger partial charge in [0.1, 0.15) is 12.6 Å². The summed E-state index contributed by atoms with van der Waals surface area (Å²) < 4.78 is 19.1. The molecule has 1 heterocycles. The van der Waals surface area contributed by atoms with Gasteiger partial charge in [-0.05, 0) is 37.1 Å². The van der Waals surface area contributed by atoms with Crippen molar-refractivity contribution in [2.75, 3.05) is 6.61 Å². The molecule has 0 saturated carbocycles. The third kappa shape index (κ3) is 4.52. The highest BCUT2D eigenvalue weighted by Crippen LogP contribution is 2.22. The lowest BCUT2D eigenvalue weighted by Crippen LogP contribution is -2.44. The number of carbonyl (C=O) groups excluding carboxylic acids is 1. The summed E-state index contributed by atoms with van der Waals surface area (Å²) in [5, 5.41) is 3.58. The molecular weight excluding hydrogens is 357 g/mol. The number of halogens is 2. The van der Waals surface area contributed by atoms with Gasteiger partial charge in [0.25, 0.3) is 0 Å². The maximum absolute atomic E-state index is 13.6. The summed E-state index contributed by atoms with van der Waals surface area (Å²) in [6.45, 7) is 2.15. The van der Waals surface area contributed by atoms with Crippen LogP contribution in [0.4, 0.5) is 4.39 Å². The van der Waals surface area contributed by atoms with Gasteiger partial charge < -0.3 is 10.1 Å². The number of hydrazine groups is 1. The lowest BCUT2D eigenvalue weighted by molar-refractivity contribution is -0.123. The highest BCUT2D eigenvalue weighted by Gasteiger charge is 2.30. The Morgan fingerprint density at radius 2 is 2.00 bits per heavy atom. The smallest absolute Gasteiger partial charge is 0.239 e. The van der Waals surface area contributed by atoms with Crippen molar-refractivity contribution in [3.05, 3.63) is 64.9 Å². The molecule has 0 aliphatic carbocycles. The van der Waals surface area contributed by atoms with Crippen LogP contribution in [-0.4, -0.2) is 24.6 Å². The Balaban J connectivity index is 1.49. The van der Waals surface area contributed by atoms with Crippen molar-refractivity contribution in [2.45, 2.75) is 31.5 Å². The second kappa shape index (κ2) is 8.49. The molecule has 1 aliphatic heterocycles. The number of ether oxygens (including phenoxy) is 1. The monoisotopic (exact) mass is 377 g/mol. The first kappa shape index (κ1) is 18.6. The second-order valence-electron chi connectivity index (χ2n) is 6.27. The van der Waals surface area contributed by atoms with Gasteiger partial charge in [-0.15, -0.1) is 0 Å². The van der Waals surface area contributed by atoms with Crippen LogP contribution in [0.1, 0.15) is 24.9 Å². The summed E-state index contributed by atoms with van der Waals surface area (Å²) in [5.74, 6) is -0.325. The van der Waals surface area contributed by atoms with Crippen LogP contribution in [0.25, 0.3) is 0 Å². The van der Waals surface area contributed by atoms with Gasteiger partial charge in [-0.3, -0.25) is 10.2 Å². The van der Waals surface area contributed by atoms with E-state index in [2.05, 4.69) is 16.2 Å². The van der Waals surface area contributed by atoms with E-state index in [1.807, 2.05) is 25.1 Å². The van der Waals surface area contributed by atoms with Gasteiger partial charge in [0.05, 0.1) is 12.1 Å². The number of amides is 1. The molecule has 2 aromatic carbocycles. The molecule has 0 aromatic heterocycles. The Kier molecular flexibility index (Phi) is 6.08. The van der Waals surface area contributed by atoms with Crippen LogP contribution in [0, 0.1) is 5.82 Å². The molecule has 1 saturated heterocycles. The average Bonchev–Trinajstić information content (AvgIpc) is 3.10. The summed E-state index contributed by atoms with van der Waals surface area (Å²) in [7, 11) is 0. The molecule has 1 aliphatic rings. The molecule has 3 unspecified atom stereocenters. The fourth-order valence-corrected chi connectivity index (χ4v) is 3.17. The number of hydrogen-bond donors (Lipinski definition) is 3. The maximum atomic E-state index is 13.6. The third-order valence-corrected chi connectivity index (χ3v) is 4.65. The standard InChI is InChI=1S/C19H21ClFN3O2/c1-12(14-6-2-3-7-15(14)20)22-19(25)17-10-13(23-24-17)11-26-18-9-5-4-8-16(18)21/h2-9,12-13,17,23-24H,10-11H2,1H3,(H,22,25). The Labute approximate surface area is 156 Å². The van der Waals surface area contributed by atoms with E-state index in [1.165, 1.54) is 6.07 Å². The summed E-state index contributed by atoms with van der Waals surface area (Å²) in [6.07, 6.45) is 0.537. The van der Waals surface area contributed by atoms with Crippen molar-refractivity contribution in [1.82, 2.24) is 16.2 Å². The van der Waals surface area contributed by atoms with Gasteiger partial charge in [-0.2, -0.15) is 0 Å². The fourth-order valence-electron chi connectivity index (χ4n) is 2.87. The quantitative estimate of drug-likeness (QED) is 0.724. The van der Waals surface area contributed by atoms with Gasteiger partial charge in [-0.1, -0.05) is 41.9 Å². The predicted molar refractivity (Wildman–Crippen MR) is 98.4 cm³/mol. The van der Waals surface area contributed by atoms with Crippen LogP contribution in [0.15, 0.2) is 48.5 Å². The van der Waals surface area contributed by atoms with E-state index in [1.54, 1.807) is 24.3 Å². The molecule has 3 N–H and O–H groups in total. The van der Waals surface area contributed by atoms with Crippen molar-refractivity contribution >= 4 is 17.5 Å². The van der Waals surface area contributed by atoms with Gasteiger partial charge in [-0.25, -0.2) is 9.82 Å². The summed E-state index contributed by atoms with van der Waals surface area (Å²) >= 11 is 6.17. The molecule has 0 bridgehead atoms. The fraction of sp³-hybridized carbons (Fsp3) is 0.316. The Bertz CT molecular complexity index is 774. The van der Waals surface area contributed by atoms with Crippen LogP contribution in [0.2, 0.25) is 5.02 Å². The second-order valence-corrected chi connectivity index (χ2v) is 6.67. The maximum Gasteiger partial charge on any atom is 0.239 e. The minimum absolute atomic E-state index is 0.0963. The molecular formula is C19H21ClFN3O2. The Hall–Kier alpha value is -2.15. The molecule has 7 heteroatoms. The molecule has 0 radical (unpaired) electrons. The van der Waals surface area contributed by atoms with E-state index in [9.17, 15) is 9.18 Å². The first-order valence-electron chi connectivity index (χ1n) is 8.48. The first-order valence-corrected chi connectivity index (χ1v) is 8.85. The molecule has 3 atom stereocenters. The highest BCUT2D eigenvalue weighted by molar-refractivity contribution is 6.31. The van der Waals surface area contributed by atoms with Crippen molar-refractivity contribution < 1.29 is 13.9 Å². The zero-order valence-corrected chi connectivity index (χ0v) is 15.1. The summed E-state index contributed by atoms with van der Waals surface area (Å²) in [6, 6.07) is 13.0. The number of hydrogen-bond acceptors (Lipinski definition) is 4. The van der Waals surface area contributed by atoms with Crippen LogP contribution in [-0.2, 0) is 4.79 Å². The van der Waals surface area contributed by atoms with Crippen molar-refractivity contribution in [1.29, 1.82) is 0 Å². The summed E-state index contributed by atoms with van der Waals surface area (Å²) in [4.78, 5) is 12.5. The van der Waals surface area contributed by atoms with Gasteiger partial charge in [0.15, 0.2) is 11.6 Å². The summed E-state index contributed by atoms with van der Waals surface area (Å²) in [5.41, 5.74) is 6.85. The molecule has 138 valence electrons. The Morgan fingerprint density at radius 3 is 2.77 bits per heavy atom. The van der Waals surface area contributed by atoms with E-state index >= 15 is 0 Å². The first-order chi connectivity index (χ1) is 12.5. The number of nitrogens with one attached hydrogen (secondary N) is 3. The van der Waals surface area contributed by atoms with E-state index in [0.717, 1.165) is 5.56 Å². The van der Waals surface area contributed by atoms with Crippen molar-refractivity contribution in [2.24, 2.45) is 0 Å². The van der Waals surface area contributed by atoms with Gasteiger partial charge in [0.2, 0.25) is 5.91 Å². The number of para-hydroxylation sites is 1. The minimum atomic E-state index is -0.402. The zero-order valence-electron chi connectivity index (χ0n) is 14.3. The molecule has 1 amide bonds. The minimum Gasteiger partial charge on any atom is -0.489 e. The number of rotatable bonds is 6.